The number of furan rings is 1. The number of hydrogen-bond donors (Lipinski definition) is 2. The number of ether oxygens (including phenoxy) is 1. The highest BCUT2D eigenvalue weighted by atomic mass is 16.5. The molecule has 3 aromatic rings. The van der Waals surface area contributed by atoms with Crippen LogP contribution in [0.5, 0.6) is 5.75 Å². The summed E-state index contributed by atoms with van der Waals surface area (Å²) in [5.74, 6) is 1.17. The van der Waals surface area contributed by atoms with Gasteiger partial charge >= 0.3 is 0 Å². The van der Waals surface area contributed by atoms with Crippen molar-refractivity contribution in [1.82, 2.24) is 10.3 Å². The van der Waals surface area contributed by atoms with E-state index in [2.05, 4.69) is 15.6 Å². The summed E-state index contributed by atoms with van der Waals surface area (Å²) in [5, 5.41) is 6.27. The zero-order valence-electron chi connectivity index (χ0n) is 19.7. The maximum absolute atomic E-state index is 13.6. The van der Waals surface area contributed by atoms with E-state index >= 15 is 0 Å². The lowest BCUT2D eigenvalue weighted by molar-refractivity contribution is -0.116. The quantitative estimate of drug-likeness (QED) is 0.523. The molecule has 3 heterocycles. The molecule has 0 unspecified atom stereocenters. The number of Topliss-reactive ketones (excluding diaryl/α,β-unsaturated/α-hetero) is 1. The smallest absolute Gasteiger partial charge is 0.255 e. The summed E-state index contributed by atoms with van der Waals surface area (Å²) in [6.45, 7) is 4.37. The highest BCUT2D eigenvalue weighted by Gasteiger charge is 2.41. The van der Waals surface area contributed by atoms with E-state index in [9.17, 15) is 9.59 Å². The Morgan fingerprint density at radius 3 is 2.66 bits per heavy atom. The van der Waals surface area contributed by atoms with Gasteiger partial charge in [-0.05, 0) is 62.2 Å². The minimum absolute atomic E-state index is 0.00895. The molecule has 7 heteroatoms. The molecule has 35 heavy (non-hydrogen) atoms. The Bertz CT molecular complexity index is 1290. The maximum atomic E-state index is 13.6. The van der Waals surface area contributed by atoms with Crippen LogP contribution in [0.3, 0.4) is 0 Å². The molecule has 1 aliphatic carbocycles. The Balaban J connectivity index is 1.56. The average Bonchev–Trinajstić information content (AvgIpc) is 3.39. The van der Waals surface area contributed by atoms with E-state index in [-0.39, 0.29) is 17.6 Å². The third kappa shape index (κ3) is 4.49. The molecule has 0 fully saturated rings. The molecular weight excluding hydrogens is 442 g/mol. The molecule has 0 bridgehead atoms. The van der Waals surface area contributed by atoms with Gasteiger partial charge in [-0.15, -0.1) is 0 Å². The van der Waals surface area contributed by atoms with Crippen molar-refractivity contribution in [3.05, 3.63) is 101 Å². The van der Waals surface area contributed by atoms with Gasteiger partial charge in [0.2, 0.25) is 0 Å². The van der Waals surface area contributed by atoms with Crippen LogP contribution in [0.2, 0.25) is 0 Å². The molecule has 2 atom stereocenters. The first-order valence-corrected chi connectivity index (χ1v) is 11.8. The summed E-state index contributed by atoms with van der Waals surface area (Å²) < 4.78 is 11.2. The van der Waals surface area contributed by atoms with Gasteiger partial charge in [-0.3, -0.25) is 9.59 Å². The number of carbonyl (C=O) groups excluding carboxylic acids is 2. The molecule has 2 aliphatic rings. The number of nitrogens with one attached hydrogen (secondary N) is 2. The van der Waals surface area contributed by atoms with Crippen LogP contribution in [0.4, 0.5) is 5.82 Å². The second-order valence-corrected chi connectivity index (χ2v) is 8.70. The summed E-state index contributed by atoms with van der Waals surface area (Å²) in [4.78, 5) is 31.4. The predicted molar refractivity (Wildman–Crippen MR) is 132 cm³/mol. The summed E-state index contributed by atoms with van der Waals surface area (Å²) in [5.41, 5.74) is 3.55. The van der Waals surface area contributed by atoms with Crippen molar-refractivity contribution < 1.29 is 18.7 Å². The number of nitrogens with zero attached hydrogens (tertiary/aromatic N) is 1. The highest BCUT2D eigenvalue weighted by Crippen LogP contribution is 2.45. The van der Waals surface area contributed by atoms with Gasteiger partial charge in [-0.2, -0.15) is 0 Å². The van der Waals surface area contributed by atoms with Gasteiger partial charge in [-0.1, -0.05) is 18.2 Å². The first-order chi connectivity index (χ1) is 17.0. The Kier molecular flexibility index (Phi) is 6.23. The summed E-state index contributed by atoms with van der Waals surface area (Å²) >= 11 is 0. The van der Waals surface area contributed by atoms with Crippen LogP contribution in [0.15, 0.2) is 94.0 Å². The number of aromatic nitrogens is 1. The minimum Gasteiger partial charge on any atom is -0.494 e. The number of dihydropyridines is 1. The Labute approximate surface area is 203 Å². The first kappa shape index (κ1) is 22.7. The number of carbonyl (C=O) groups is 2. The number of ketones is 1. The van der Waals surface area contributed by atoms with E-state index in [1.807, 2.05) is 56.3 Å². The van der Waals surface area contributed by atoms with Crippen LogP contribution >= 0.6 is 0 Å². The van der Waals surface area contributed by atoms with Crippen molar-refractivity contribution in [2.24, 2.45) is 0 Å². The molecule has 2 N–H and O–H groups in total. The molecular formula is C28H27N3O4. The van der Waals surface area contributed by atoms with Crippen molar-refractivity contribution in [2.45, 2.75) is 38.5 Å². The molecule has 0 saturated heterocycles. The van der Waals surface area contributed by atoms with Gasteiger partial charge in [-0.25, -0.2) is 4.98 Å². The number of rotatable bonds is 6. The van der Waals surface area contributed by atoms with Crippen molar-refractivity contribution in [3.8, 4) is 5.75 Å². The monoisotopic (exact) mass is 469 g/mol. The molecule has 1 aliphatic heterocycles. The number of hydrogen-bond acceptors (Lipinski definition) is 6. The van der Waals surface area contributed by atoms with Crippen molar-refractivity contribution in [1.29, 1.82) is 0 Å². The fraction of sp³-hybridized carbons (Fsp3) is 0.250. The normalized spacial score (nSPS) is 19.8. The van der Waals surface area contributed by atoms with Crippen LogP contribution in [-0.4, -0.2) is 23.3 Å². The van der Waals surface area contributed by atoms with Crippen molar-refractivity contribution in [3.63, 3.8) is 0 Å². The third-order valence-corrected chi connectivity index (χ3v) is 6.45. The van der Waals surface area contributed by atoms with Gasteiger partial charge in [0.1, 0.15) is 17.3 Å². The first-order valence-electron chi connectivity index (χ1n) is 11.8. The highest BCUT2D eigenvalue weighted by molar-refractivity contribution is 6.09. The fourth-order valence-electron chi connectivity index (χ4n) is 4.94. The van der Waals surface area contributed by atoms with Crippen LogP contribution in [0, 0.1) is 0 Å². The van der Waals surface area contributed by atoms with E-state index in [0.29, 0.717) is 42.1 Å². The minimum atomic E-state index is -0.504. The van der Waals surface area contributed by atoms with Crippen LogP contribution in [0.25, 0.3) is 0 Å². The summed E-state index contributed by atoms with van der Waals surface area (Å²) in [6.07, 6.45) is 4.22. The van der Waals surface area contributed by atoms with E-state index in [0.717, 1.165) is 22.8 Å². The zero-order chi connectivity index (χ0) is 24.4. The number of benzene rings is 1. The Morgan fingerprint density at radius 1 is 1.14 bits per heavy atom. The number of amides is 1. The van der Waals surface area contributed by atoms with Gasteiger partial charge in [0.15, 0.2) is 5.78 Å². The van der Waals surface area contributed by atoms with Crippen LogP contribution in [-0.2, 0) is 9.59 Å². The van der Waals surface area contributed by atoms with Gasteiger partial charge in [0.25, 0.3) is 5.91 Å². The van der Waals surface area contributed by atoms with Gasteiger partial charge in [0.05, 0.1) is 12.9 Å². The third-order valence-electron chi connectivity index (χ3n) is 6.45. The number of pyridine rings is 1. The van der Waals surface area contributed by atoms with Crippen molar-refractivity contribution >= 4 is 17.5 Å². The molecule has 0 saturated carbocycles. The Morgan fingerprint density at radius 2 is 1.97 bits per heavy atom. The summed E-state index contributed by atoms with van der Waals surface area (Å²) in [7, 11) is 0. The molecule has 0 spiro atoms. The molecule has 5 rings (SSSR count). The van der Waals surface area contributed by atoms with E-state index in [1.165, 1.54) is 0 Å². The lowest BCUT2D eigenvalue weighted by atomic mass is 9.72. The zero-order valence-corrected chi connectivity index (χ0v) is 19.7. The van der Waals surface area contributed by atoms with E-state index in [1.54, 1.807) is 24.6 Å². The largest absolute Gasteiger partial charge is 0.494 e. The maximum Gasteiger partial charge on any atom is 0.255 e. The van der Waals surface area contributed by atoms with Gasteiger partial charge < -0.3 is 19.8 Å². The average molecular weight is 470 g/mol. The lowest BCUT2D eigenvalue weighted by Gasteiger charge is -2.36. The topological polar surface area (TPSA) is 93.5 Å². The molecule has 178 valence electrons. The van der Waals surface area contributed by atoms with Crippen LogP contribution in [0.1, 0.15) is 49.8 Å². The molecule has 7 nitrogen and oxygen atoms in total. The second-order valence-electron chi connectivity index (χ2n) is 8.70. The van der Waals surface area contributed by atoms with E-state index < -0.39 is 5.92 Å². The molecule has 1 aromatic carbocycles. The molecule has 2 aromatic heterocycles. The summed E-state index contributed by atoms with van der Waals surface area (Å²) in [6, 6.07) is 16.7. The lowest BCUT2D eigenvalue weighted by Crippen LogP contribution is -2.37. The Hall–Kier alpha value is -4.13. The van der Waals surface area contributed by atoms with Crippen LogP contribution < -0.4 is 15.4 Å². The van der Waals surface area contributed by atoms with E-state index in [4.69, 9.17) is 9.15 Å². The van der Waals surface area contributed by atoms with Gasteiger partial charge in [0, 0.05) is 47.0 Å². The molecule has 0 radical (unpaired) electrons. The number of anilines is 1. The SMILES string of the molecule is CCOc1ccc([C@H]2C(C(=O)Nc3ccccn3)=C(C)NC3=C2C(=O)C[C@H](c2ccco2)C3)cc1. The van der Waals surface area contributed by atoms with Crippen molar-refractivity contribution in [2.75, 3.05) is 11.9 Å². The number of allylic oxidation sites excluding steroid dienone is 3. The predicted octanol–water partition coefficient (Wildman–Crippen LogP) is 5.07. The molecule has 1 amide bonds. The fourth-order valence-corrected chi connectivity index (χ4v) is 4.94. The standard InChI is InChI=1S/C28H27N3O4/c1-3-34-20-11-9-18(10-12-20)26-25(28(33)31-24-8-4-5-13-29-24)17(2)30-21-15-19(16-22(32)27(21)26)23-7-6-14-35-23/h4-14,19,26,30H,3,15-16H2,1-2H3,(H,29,31,33)/t19-,26+/m1/s1. The second kappa shape index (κ2) is 9.62.